The molecule has 1 heterocycles. The van der Waals surface area contributed by atoms with Crippen molar-refractivity contribution >= 4 is 11.6 Å². The predicted octanol–water partition coefficient (Wildman–Crippen LogP) is 3.78. The fraction of sp³-hybridized carbons (Fsp3) is 0.214. The number of hydrogen-bond acceptors (Lipinski definition) is 1. The third-order valence-electron chi connectivity index (χ3n) is 2.95. The van der Waals surface area contributed by atoms with Crippen LogP contribution in [0, 0.1) is 18.6 Å². The minimum absolute atomic E-state index is 0.0415. The fourth-order valence-electron chi connectivity index (χ4n) is 2.12. The SMILES string of the molecule is CCn1c(-c2c(F)cccc2F)c(C)cc(Cl)c1=O. The average molecular weight is 284 g/mol. The molecule has 19 heavy (non-hydrogen) atoms. The molecule has 0 saturated heterocycles. The summed E-state index contributed by atoms with van der Waals surface area (Å²) < 4.78 is 29.0. The molecule has 5 heteroatoms. The molecule has 0 atom stereocenters. The Balaban J connectivity index is 2.90. The molecule has 1 aromatic heterocycles. The van der Waals surface area contributed by atoms with Gasteiger partial charge in [0.2, 0.25) is 0 Å². The van der Waals surface area contributed by atoms with E-state index in [-0.39, 0.29) is 22.8 Å². The molecule has 1 aromatic carbocycles. The van der Waals surface area contributed by atoms with Gasteiger partial charge in [-0.25, -0.2) is 8.78 Å². The summed E-state index contributed by atoms with van der Waals surface area (Å²) in [6.45, 7) is 3.67. The number of hydrogen-bond donors (Lipinski definition) is 0. The number of halogens is 3. The van der Waals surface area contributed by atoms with E-state index in [1.807, 2.05) is 0 Å². The van der Waals surface area contributed by atoms with E-state index in [2.05, 4.69) is 0 Å². The summed E-state index contributed by atoms with van der Waals surface area (Å²) in [6.07, 6.45) is 0. The Hall–Kier alpha value is -1.68. The van der Waals surface area contributed by atoms with Crippen LogP contribution in [0.1, 0.15) is 12.5 Å². The van der Waals surface area contributed by atoms with Crippen molar-refractivity contribution in [1.29, 1.82) is 0 Å². The smallest absolute Gasteiger partial charge is 0.269 e. The maximum absolute atomic E-state index is 13.9. The van der Waals surface area contributed by atoms with Gasteiger partial charge in [0.1, 0.15) is 16.7 Å². The molecule has 100 valence electrons. The molecule has 0 radical (unpaired) electrons. The first-order valence-corrected chi connectivity index (χ1v) is 6.19. The Bertz CT molecular complexity index is 674. The second-order valence-corrected chi connectivity index (χ2v) is 4.58. The first kappa shape index (κ1) is 13.7. The molecule has 0 N–H and O–H groups in total. The zero-order valence-electron chi connectivity index (χ0n) is 10.5. The van der Waals surface area contributed by atoms with E-state index in [1.54, 1.807) is 13.8 Å². The summed E-state index contributed by atoms with van der Waals surface area (Å²) in [4.78, 5) is 12.0. The van der Waals surface area contributed by atoms with Gasteiger partial charge in [-0.05, 0) is 37.6 Å². The molecule has 0 aliphatic heterocycles. The summed E-state index contributed by atoms with van der Waals surface area (Å²) in [5.41, 5.74) is 0.131. The first-order valence-electron chi connectivity index (χ1n) is 5.81. The number of nitrogens with zero attached hydrogens (tertiary/aromatic N) is 1. The second-order valence-electron chi connectivity index (χ2n) is 4.17. The van der Waals surface area contributed by atoms with Gasteiger partial charge in [-0.3, -0.25) is 4.79 Å². The normalized spacial score (nSPS) is 10.8. The molecule has 0 amide bonds. The van der Waals surface area contributed by atoms with Gasteiger partial charge in [0, 0.05) is 6.54 Å². The largest absolute Gasteiger partial charge is 0.307 e. The standard InChI is InChI=1S/C14H12ClF2NO/c1-3-18-13(8(2)7-9(15)14(18)19)12-10(16)5-4-6-11(12)17/h4-7H,3H2,1-2H3. The molecule has 2 aromatic rings. The van der Waals surface area contributed by atoms with Gasteiger partial charge in [-0.15, -0.1) is 0 Å². The minimum atomic E-state index is -0.702. The average Bonchev–Trinajstić information content (AvgIpc) is 2.35. The monoisotopic (exact) mass is 283 g/mol. The molecule has 0 aliphatic rings. The van der Waals surface area contributed by atoms with Crippen LogP contribution in [-0.4, -0.2) is 4.57 Å². The number of benzene rings is 1. The highest BCUT2D eigenvalue weighted by Crippen LogP contribution is 2.29. The Morgan fingerprint density at radius 2 is 1.84 bits per heavy atom. The van der Waals surface area contributed by atoms with Gasteiger partial charge in [0.05, 0.1) is 11.3 Å². The molecule has 2 nitrogen and oxygen atoms in total. The third-order valence-corrected chi connectivity index (χ3v) is 3.22. The summed E-state index contributed by atoms with van der Waals surface area (Å²) in [6, 6.07) is 5.04. The number of rotatable bonds is 2. The Morgan fingerprint density at radius 1 is 1.26 bits per heavy atom. The zero-order chi connectivity index (χ0) is 14.2. The van der Waals surface area contributed by atoms with Crippen LogP contribution in [-0.2, 0) is 6.54 Å². The molecular formula is C14H12ClF2NO. The van der Waals surface area contributed by atoms with E-state index < -0.39 is 17.2 Å². The van der Waals surface area contributed by atoms with Crippen LogP contribution < -0.4 is 5.56 Å². The molecule has 2 rings (SSSR count). The lowest BCUT2D eigenvalue weighted by molar-refractivity contribution is 0.583. The summed E-state index contributed by atoms with van der Waals surface area (Å²) in [7, 11) is 0. The van der Waals surface area contributed by atoms with E-state index in [0.29, 0.717) is 5.56 Å². The molecule has 0 spiro atoms. The van der Waals surface area contributed by atoms with Crippen LogP contribution in [0.15, 0.2) is 29.1 Å². The van der Waals surface area contributed by atoms with E-state index in [4.69, 9.17) is 11.6 Å². The molecule has 0 aliphatic carbocycles. The van der Waals surface area contributed by atoms with Gasteiger partial charge in [0.25, 0.3) is 5.56 Å². The molecule has 0 fully saturated rings. The van der Waals surface area contributed by atoms with Gasteiger partial charge in [0.15, 0.2) is 0 Å². The highest BCUT2D eigenvalue weighted by molar-refractivity contribution is 6.30. The lowest BCUT2D eigenvalue weighted by Gasteiger charge is -2.16. The molecular weight excluding hydrogens is 272 g/mol. The molecule has 0 bridgehead atoms. The van der Waals surface area contributed by atoms with Crippen molar-refractivity contribution < 1.29 is 8.78 Å². The van der Waals surface area contributed by atoms with Crippen LogP contribution >= 0.6 is 11.6 Å². The second kappa shape index (κ2) is 5.13. The van der Waals surface area contributed by atoms with Crippen LogP contribution in [0.2, 0.25) is 5.02 Å². The minimum Gasteiger partial charge on any atom is -0.307 e. The van der Waals surface area contributed by atoms with E-state index in [0.717, 1.165) is 12.1 Å². The lowest BCUT2D eigenvalue weighted by Crippen LogP contribution is -2.23. The van der Waals surface area contributed by atoms with Crippen molar-refractivity contribution in [2.75, 3.05) is 0 Å². The van der Waals surface area contributed by atoms with E-state index in [1.165, 1.54) is 16.7 Å². The number of aryl methyl sites for hydroxylation is 1. The van der Waals surface area contributed by atoms with Crippen LogP contribution in [0.5, 0.6) is 0 Å². The van der Waals surface area contributed by atoms with Gasteiger partial charge in [-0.1, -0.05) is 17.7 Å². The fourth-order valence-corrected chi connectivity index (χ4v) is 2.39. The zero-order valence-corrected chi connectivity index (χ0v) is 11.3. The van der Waals surface area contributed by atoms with E-state index >= 15 is 0 Å². The number of pyridine rings is 1. The van der Waals surface area contributed by atoms with E-state index in [9.17, 15) is 13.6 Å². The summed E-state index contributed by atoms with van der Waals surface area (Å²) in [5.74, 6) is -1.40. The van der Waals surface area contributed by atoms with Gasteiger partial charge in [-0.2, -0.15) is 0 Å². The highest BCUT2D eigenvalue weighted by atomic mass is 35.5. The maximum Gasteiger partial charge on any atom is 0.269 e. The van der Waals surface area contributed by atoms with Crippen molar-refractivity contribution in [3.05, 3.63) is 56.8 Å². The number of aromatic nitrogens is 1. The van der Waals surface area contributed by atoms with Gasteiger partial charge < -0.3 is 4.57 Å². The highest BCUT2D eigenvalue weighted by Gasteiger charge is 2.18. The van der Waals surface area contributed by atoms with Crippen molar-refractivity contribution in [2.24, 2.45) is 0 Å². The van der Waals surface area contributed by atoms with Crippen LogP contribution in [0.4, 0.5) is 8.78 Å². The van der Waals surface area contributed by atoms with Crippen molar-refractivity contribution in [3.63, 3.8) is 0 Å². The van der Waals surface area contributed by atoms with Crippen LogP contribution in [0.25, 0.3) is 11.3 Å². The predicted molar refractivity (Wildman–Crippen MR) is 71.5 cm³/mol. The summed E-state index contributed by atoms with van der Waals surface area (Å²) in [5, 5.41) is 0.0415. The van der Waals surface area contributed by atoms with Crippen molar-refractivity contribution in [2.45, 2.75) is 20.4 Å². The quantitative estimate of drug-likeness (QED) is 0.822. The molecule has 0 saturated carbocycles. The Kier molecular flexibility index (Phi) is 3.71. The Labute approximate surface area is 114 Å². The third kappa shape index (κ3) is 2.28. The van der Waals surface area contributed by atoms with Crippen LogP contribution in [0.3, 0.4) is 0 Å². The lowest BCUT2D eigenvalue weighted by atomic mass is 10.0. The molecule has 0 unspecified atom stereocenters. The maximum atomic E-state index is 13.9. The van der Waals surface area contributed by atoms with Crippen molar-refractivity contribution in [3.8, 4) is 11.3 Å². The summed E-state index contributed by atoms with van der Waals surface area (Å²) >= 11 is 5.82. The van der Waals surface area contributed by atoms with Gasteiger partial charge >= 0.3 is 0 Å². The first-order chi connectivity index (χ1) is 8.97. The van der Waals surface area contributed by atoms with Crippen molar-refractivity contribution in [1.82, 2.24) is 4.57 Å². The Morgan fingerprint density at radius 3 is 2.37 bits per heavy atom. The topological polar surface area (TPSA) is 22.0 Å².